The van der Waals surface area contributed by atoms with Gasteiger partial charge in [-0.3, -0.25) is 9.80 Å². The third kappa shape index (κ3) is 2.74. The molecule has 0 amide bonds. The van der Waals surface area contributed by atoms with Crippen molar-refractivity contribution in [1.29, 1.82) is 10.5 Å². The summed E-state index contributed by atoms with van der Waals surface area (Å²) in [6.45, 7) is 0. The van der Waals surface area contributed by atoms with Crippen molar-refractivity contribution in [2.45, 2.75) is 49.9 Å². The number of nitriles is 2. The van der Waals surface area contributed by atoms with Crippen LogP contribution in [0, 0.1) is 40.9 Å². The monoisotopic (exact) mass is 256 g/mol. The molecule has 1 saturated carbocycles. The molecule has 0 N–H and O–H groups in total. The molecule has 4 nitrogen and oxygen atoms in total. The smallest absolute Gasteiger partial charge is 0.0986 e. The van der Waals surface area contributed by atoms with Crippen LogP contribution in [-0.2, 0) is 0 Å². The molecule has 1 aliphatic carbocycles. The van der Waals surface area contributed by atoms with Gasteiger partial charge in [-0.2, -0.15) is 10.5 Å². The summed E-state index contributed by atoms with van der Waals surface area (Å²) >= 11 is 0. The maximum atomic E-state index is 8.59. The quantitative estimate of drug-likeness (QED) is 0.611. The molecule has 5 atom stereocenters. The summed E-state index contributed by atoms with van der Waals surface area (Å²) in [7, 11) is 3.97. The minimum atomic E-state index is 0.0426. The molecule has 0 aromatic carbocycles. The average Bonchev–Trinajstić information content (AvgIpc) is 3.01. The summed E-state index contributed by atoms with van der Waals surface area (Å²) in [5.41, 5.74) is 0. The maximum absolute atomic E-state index is 8.59. The van der Waals surface area contributed by atoms with Crippen molar-refractivity contribution in [3.63, 3.8) is 0 Å². The topological polar surface area (TPSA) is 54.1 Å². The van der Waals surface area contributed by atoms with E-state index in [4.69, 9.17) is 16.9 Å². The van der Waals surface area contributed by atoms with Crippen molar-refractivity contribution in [3.8, 4) is 24.5 Å². The highest BCUT2D eigenvalue weighted by molar-refractivity contribution is 5.11. The fraction of sp³-hybridized carbons (Fsp3) is 0.733. The predicted molar refractivity (Wildman–Crippen MR) is 72.7 cm³/mol. The highest BCUT2D eigenvalue weighted by Gasteiger charge is 2.50. The second kappa shape index (κ2) is 5.62. The minimum absolute atomic E-state index is 0.0426. The van der Waals surface area contributed by atoms with Gasteiger partial charge in [0.1, 0.15) is 0 Å². The van der Waals surface area contributed by atoms with E-state index in [-0.39, 0.29) is 18.1 Å². The maximum Gasteiger partial charge on any atom is 0.0986 e. The van der Waals surface area contributed by atoms with Crippen LogP contribution in [0.2, 0.25) is 0 Å². The molecule has 4 heteroatoms. The Morgan fingerprint density at radius 1 is 0.947 bits per heavy atom. The van der Waals surface area contributed by atoms with Gasteiger partial charge < -0.3 is 0 Å². The van der Waals surface area contributed by atoms with E-state index in [9.17, 15) is 0 Å². The number of rotatable bonds is 0. The molecule has 3 fully saturated rings. The zero-order valence-electron chi connectivity index (χ0n) is 11.6. The summed E-state index contributed by atoms with van der Waals surface area (Å²) < 4.78 is 0. The molecular weight excluding hydrogens is 236 g/mol. The Morgan fingerprint density at radius 2 is 1.58 bits per heavy atom. The van der Waals surface area contributed by atoms with Crippen LogP contribution in [0.15, 0.2) is 0 Å². The summed E-state index contributed by atoms with van der Waals surface area (Å²) in [4.78, 5) is 4.17. The van der Waals surface area contributed by atoms with Gasteiger partial charge >= 0.3 is 0 Å². The molecule has 3 aliphatic rings. The summed E-state index contributed by atoms with van der Waals surface area (Å²) in [5, 5.41) is 17.2. The van der Waals surface area contributed by atoms with E-state index in [1.54, 1.807) is 0 Å². The van der Waals surface area contributed by atoms with E-state index in [0.29, 0.717) is 0 Å². The van der Waals surface area contributed by atoms with E-state index < -0.39 is 0 Å². The number of terminal acetylenes is 1. The first-order valence-corrected chi connectivity index (χ1v) is 6.81. The molecule has 0 unspecified atom stereocenters. The zero-order chi connectivity index (χ0) is 14.0. The normalized spacial score (nSPS) is 40.3. The van der Waals surface area contributed by atoms with Crippen molar-refractivity contribution in [3.05, 3.63) is 0 Å². The van der Waals surface area contributed by atoms with Crippen molar-refractivity contribution < 1.29 is 0 Å². The van der Waals surface area contributed by atoms with E-state index in [0.717, 1.165) is 31.2 Å². The Labute approximate surface area is 115 Å². The molecule has 0 aromatic heterocycles. The van der Waals surface area contributed by atoms with Crippen LogP contribution in [0.4, 0.5) is 0 Å². The fourth-order valence-electron chi connectivity index (χ4n) is 3.11. The molecule has 100 valence electrons. The zero-order valence-corrected chi connectivity index (χ0v) is 11.6. The van der Waals surface area contributed by atoms with Crippen LogP contribution in [0.1, 0.15) is 25.7 Å². The molecule has 0 spiro atoms. The first-order valence-electron chi connectivity index (χ1n) is 6.81. The Hall–Kier alpha value is -1.54. The summed E-state index contributed by atoms with van der Waals surface area (Å²) in [6.07, 6.45) is 9.59. The molecule has 0 aromatic rings. The highest BCUT2D eigenvalue weighted by Crippen LogP contribution is 2.46. The molecule has 2 saturated heterocycles. The second-order valence-electron chi connectivity index (χ2n) is 5.68. The third-order valence-electron chi connectivity index (χ3n) is 4.61. The van der Waals surface area contributed by atoms with Crippen molar-refractivity contribution in [2.24, 2.45) is 5.92 Å². The van der Waals surface area contributed by atoms with Gasteiger partial charge in [-0.15, -0.1) is 6.42 Å². The molecular formula is C15H20N4. The molecule has 0 radical (unpaired) electrons. The van der Waals surface area contributed by atoms with Crippen LogP contribution < -0.4 is 0 Å². The molecule has 19 heavy (non-hydrogen) atoms. The summed E-state index contributed by atoms with van der Waals surface area (Å²) in [5.74, 6) is 3.53. The van der Waals surface area contributed by atoms with Gasteiger partial charge in [-0.1, -0.05) is 5.92 Å². The van der Waals surface area contributed by atoms with Gasteiger partial charge in [0.25, 0.3) is 0 Å². The lowest BCUT2D eigenvalue weighted by molar-refractivity contribution is 0.316. The molecule has 2 heterocycles. The van der Waals surface area contributed by atoms with Crippen LogP contribution in [-0.4, -0.2) is 48.1 Å². The van der Waals surface area contributed by atoms with Gasteiger partial charge in [0.2, 0.25) is 0 Å². The Morgan fingerprint density at radius 3 is 1.89 bits per heavy atom. The van der Waals surface area contributed by atoms with Crippen LogP contribution >= 0.6 is 0 Å². The number of hydrogen-bond donors (Lipinski definition) is 0. The van der Waals surface area contributed by atoms with E-state index in [1.807, 2.05) is 11.9 Å². The van der Waals surface area contributed by atoms with Crippen LogP contribution in [0.5, 0.6) is 0 Å². The molecule has 3 rings (SSSR count). The van der Waals surface area contributed by atoms with Gasteiger partial charge in [0.05, 0.1) is 30.3 Å². The standard InChI is InChI=1S/C8H10N2.C7H10N2/c1-3-7-4-5-8(6-9)10(7)2;1-9-6(4-8)2-5-3-7(5)9/h1,7-8H,4-5H2,2H3;5-7H,2-3H2,1H3/t7-,8-;5-,6+,7+/m01/s1. The van der Waals surface area contributed by atoms with E-state index in [2.05, 4.69) is 30.0 Å². The van der Waals surface area contributed by atoms with Gasteiger partial charge in [0, 0.05) is 6.04 Å². The van der Waals surface area contributed by atoms with Gasteiger partial charge in [-0.25, -0.2) is 0 Å². The van der Waals surface area contributed by atoms with E-state index in [1.165, 1.54) is 6.42 Å². The van der Waals surface area contributed by atoms with Gasteiger partial charge in [-0.05, 0) is 45.7 Å². The van der Waals surface area contributed by atoms with Crippen LogP contribution in [0.25, 0.3) is 0 Å². The first-order chi connectivity index (χ1) is 9.12. The lowest BCUT2D eigenvalue weighted by Gasteiger charge is -2.15. The highest BCUT2D eigenvalue weighted by atomic mass is 15.2. The number of hydrogen-bond acceptors (Lipinski definition) is 4. The number of piperidine rings is 1. The lowest BCUT2D eigenvalue weighted by atomic mass is 10.2. The Kier molecular flexibility index (Phi) is 4.11. The minimum Gasteiger partial charge on any atom is -0.288 e. The van der Waals surface area contributed by atoms with Crippen molar-refractivity contribution >= 4 is 0 Å². The predicted octanol–water partition coefficient (Wildman–Crippen LogP) is 1.21. The molecule has 0 bridgehead atoms. The Bertz CT molecular complexity index is 430. The van der Waals surface area contributed by atoms with E-state index >= 15 is 0 Å². The second-order valence-corrected chi connectivity index (χ2v) is 5.68. The number of fused-ring (bicyclic) bond motifs is 1. The Balaban J connectivity index is 0.000000141. The summed E-state index contributed by atoms with van der Waals surface area (Å²) in [6, 6.07) is 5.74. The SMILES string of the molecule is C#C[C@H]1CC[C@@H](C#N)N1C.CN1[C@H](C#N)C[C@@H]2C[C@@H]21. The number of nitrogens with zero attached hydrogens (tertiary/aromatic N) is 4. The van der Waals surface area contributed by atoms with Crippen LogP contribution in [0.3, 0.4) is 0 Å². The fourth-order valence-corrected chi connectivity index (χ4v) is 3.11. The van der Waals surface area contributed by atoms with Crippen molar-refractivity contribution in [1.82, 2.24) is 9.80 Å². The average molecular weight is 256 g/mol. The molecule has 2 aliphatic heterocycles. The van der Waals surface area contributed by atoms with Crippen molar-refractivity contribution in [2.75, 3.05) is 14.1 Å². The number of likely N-dealkylation sites (tertiary alicyclic amines) is 2. The largest absolute Gasteiger partial charge is 0.288 e. The van der Waals surface area contributed by atoms with Gasteiger partial charge in [0.15, 0.2) is 0 Å². The first kappa shape index (κ1) is 13.9. The lowest BCUT2D eigenvalue weighted by Crippen LogP contribution is -2.29. The third-order valence-corrected chi connectivity index (χ3v) is 4.61.